The summed E-state index contributed by atoms with van der Waals surface area (Å²) in [6.45, 7) is 0. The van der Waals surface area contributed by atoms with Crippen LogP contribution in [0, 0.1) is 17.1 Å². The molecule has 0 aliphatic rings. The molecule has 0 radical (unpaired) electrons. The molecule has 0 fully saturated rings. The molecule has 0 amide bonds. The van der Waals surface area contributed by atoms with Crippen LogP contribution in [0.25, 0.3) is 0 Å². The quantitative estimate of drug-likeness (QED) is 0.851. The molecule has 2 rings (SSSR count). The number of hydrogen-bond acceptors (Lipinski definition) is 4. The van der Waals surface area contributed by atoms with Gasteiger partial charge in [0.05, 0.1) is 0 Å². The van der Waals surface area contributed by atoms with E-state index in [9.17, 15) is 26.0 Å². The van der Waals surface area contributed by atoms with Crippen LogP contribution in [0.1, 0.15) is 17.3 Å². The summed E-state index contributed by atoms with van der Waals surface area (Å²) in [5.41, 5.74) is -0.743. The summed E-state index contributed by atoms with van der Waals surface area (Å²) >= 11 is 0. The second-order valence-electron chi connectivity index (χ2n) is 4.62. The number of rotatable bonds is 4. The lowest BCUT2D eigenvalue weighted by Crippen LogP contribution is -2.38. The van der Waals surface area contributed by atoms with Crippen molar-refractivity contribution in [1.29, 1.82) is 5.26 Å². The number of pyridine rings is 1. The first-order valence-electron chi connectivity index (χ1n) is 6.35. The highest BCUT2D eigenvalue weighted by Gasteiger charge is 2.43. The first-order chi connectivity index (χ1) is 11.1. The van der Waals surface area contributed by atoms with Crippen molar-refractivity contribution in [1.82, 2.24) is 9.71 Å². The van der Waals surface area contributed by atoms with Gasteiger partial charge >= 0.3 is 6.18 Å². The van der Waals surface area contributed by atoms with Crippen LogP contribution >= 0.6 is 0 Å². The lowest BCUT2D eigenvalue weighted by molar-refractivity contribution is -0.153. The molecule has 2 aromatic rings. The van der Waals surface area contributed by atoms with Gasteiger partial charge in [0.2, 0.25) is 0 Å². The number of halogens is 4. The Labute approximate surface area is 134 Å². The average molecular weight is 359 g/mol. The van der Waals surface area contributed by atoms with E-state index in [4.69, 9.17) is 5.26 Å². The molecule has 0 spiro atoms. The number of hydrogen-bond donors (Lipinski definition) is 1. The Morgan fingerprint density at radius 1 is 1.12 bits per heavy atom. The lowest BCUT2D eigenvalue weighted by atomic mass is 10.1. The van der Waals surface area contributed by atoms with Crippen LogP contribution in [-0.4, -0.2) is 19.6 Å². The zero-order chi connectivity index (χ0) is 18.0. The maximum absolute atomic E-state index is 13.2. The molecule has 0 bridgehead atoms. The van der Waals surface area contributed by atoms with Crippen molar-refractivity contribution in [2.75, 3.05) is 0 Å². The number of sulfonamides is 1. The summed E-state index contributed by atoms with van der Waals surface area (Å²) in [5, 5.41) is 7.98. The molecule has 5 nitrogen and oxygen atoms in total. The molecule has 0 saturated heterocycles. The minimum Gasteiger partial charge on any atom is -0.224 e. The monoisotopic (exact) mass is 359 g/mol. The molecular weight excluding hydrogens is 350 g/mol. The van der Waals surface area contributed by atoms with Crippen molar-refractivity contribution in [2.24, 2.45) is 0 Å². The highest BCUT2D eigenvalue weighted by molar-refractivity contribution is 7.89. The van der Waals surface area contributed by atoms with Gasteiger partial charge in [0.15, 0.2) is 5.03 Å². The molecule has 1 N–H and O–H groups in total. The zero-order valence-corrected chi connectivity index (χ0v) is 12.6. The maximum Gasteiger partial charge on any atom is 0.408 e. The van der Waals surface area contributed by atoms with Crippen LogP contribution in [0.3, 0.4) is 0 Å². The van der Waals surface area contributed by atoms with Crippen LogP contribution in [0.15, 0.2) is 47.5 Å². The Kier molecular flexibility index (Phi) is 4.86. The summed E-state index contributed by atoms with van der Waals surface area (Å²) in [4.78, 5) is 3.47. The summed E-state index contributed by atoms with van der Waals surface area (Å²) in [7, 11) is -4.66. The highest BCUT2D eigenvalue weighted by atomic mass is 32.2. The van der Waals surface area contributed by atoms with E-state index < -0.39 is 38.6 Å². The van der Waals surface area contributed by atoms with Crippen molar-refractivity contribution in [3.63, 3.8) is 0 Å². The molecule has 1 atom stereocenters. The van der Waals surface area contributed by atoms with Gasteiger partial charge in [0.1, 0.15) is 23.6 Å². The Balaban J connectivity index is 2.42. The van der Waals surface area contributed by atoms with E-state index in [1.54, 1.807) is 6.07 Å². The second kappa shape index (κ2) is 6.54. The summed E-state index contributed by atoms with van der Waals surface area (Å²) < 4.78 is 78.3. The molecule has 1 heterocycles. The van der Waals surface area contributed by atoms with E-state index in [1.165, 1.54) is 16.9 Å². The Morgan fingerprint density at radius 3 is 2.29 bits per heavy atom. The third-order valence-electron chi connectivity index (χ3n) is 2.92. The average Bonchev–Trinajstić information content (AvgIpc) is 2.53. The van der Waals surface area contributed by atoms with Gasteiger partial charge in [0.25, 0.3) is 10.0 Å². The van der Waals surface area contributed by atoms with Gasteiger partial charge in [-0.2, -0.15) is 23.2 Å². The van der Waals surface area contributed by atoms with Gasteiger partial charge in [-0.3, -0.25) is 0 Å². The first kappa shape index (κ1) is 17.8. The number of nitriles is 1. The summed E-state index contributed by atoms with van der Waals surface area (Å²) in [6, 6.07) is 5.59. The maximum atomic E-state index is 13.2. The normalized spacial score (nSPS) is 13.3. The van der Waals surface area contributed by atoms with Crippen LogP contribution in [-0.2, 0) is 10.0 Å². The molecule has 1 aromatic heterocycles. The molecule has 0 aliphatic heterocycles. The minimum absolute atomic E-state index is 0.261. The van der Waals surface area contributed by atoms with E-state index in [1.807, 2.05) is 0 Å². The molecule has 24 heavy (non-hydrogen) atoms. The second-order valence-corrected chi connectivity index (χ2v) is 6.28. The minimum atomic E-state index is -4.96. The summed E-state index contributed by atoms with van der Waals surface area (Å²) in [5.74, 6) is -0.758. The molecule has 0 aliphatic carbocycles. The third kappa shape index (κ3) is 4.06. The Hall–Kier alpha value is -2.51. The van der Waals surface area contributed by atoms with Crippen LogP contribution in [0.4, 0.5) is 17.6 Å². The van der Waals surface area contributed by atoms with E-state index in [2.05, 4.69) is 4.98 Å². The SMILES string of the molecule is N#Cc1cccc(S(=O)(=O)NC(c2ccc(F)cc2)C(F)(F)F)n1. The Morgan fingerprint density at radius 2 is 1.75 bits per heavy atom. The van der Waals surface area contributed by atoms with E-state index in [0.717, 1.165) is 30.3 Å². The molecule has 0 saturated carbocycles. The standard InChI is InChI=1S/C14H9F4N3O2S/c15-10-6-4-9(5-7-10)13(14(16,17)18)21-24(22,23)12-3-1-2-11(8-19)20-12/h1-7,13,21H. The fourth-order valence-corrected chi connectivity index (χ4v) is 3.00. The molecule has 126 valence electrons. The summed E-state index contributed by atoms with van der Waals surface area (Å²) in [6.07, 6.45) is -4.96. The largest absolute Gasteiger partial charge is 0.408 e. The molecule has 10 heteroatoms. The van der Waals surface area contributed by atoms with Gasteiger partial charge in [0, 0.05) is 0 Å². The number of nitrogens with zero attached hydrogens (tertiary/aromatic N) is 2. The van der Waals surface area contributed by atoms with Crippen molar-refractivity contribution >= 4 is 10.0 Å². The van der Waals surface area contributed by atoms with Gasteiger partial charge in [-0.15, -0.1) is 0 Å². The lowest BCUT2D eigenvalue weighted by Gasteiger charge is -2.21. The van der Waals surface area contributed by atoms with E-state index >= 15 is 0 Å². The third-order valence-corrected chi connectivity index (χ3v) is 4.24. The fourth-order valence-electron chi connectivity index (χ4n) is 1.82. The fraction of sp³-hybridized carbons (Fsp3) is 0.143. The zero-order valence-electron chi connectivity index (χ0n) is 11.7. The topological polar surface area (TPSA) is 82.8 Å². The van der Waals surface area contributed by atoms with Crippen molar-refractivity contribution in [2.45, 2.75) is 17.2 Å². The first-order valence-corrected chi connectivity index (χ1v) is 7.83. The van der Waals surface area contributed by atoms with E-state index in [-0.39, 0.29) is 5.69 Å². The van der Waals surface area contributed by atoms with Gasteiger partial charge < -0.3 is 0 Å². The van der Waals surface area contributed by atoms with Gasteiger partial charge in [-0.1, -0.05) is 18.2 Å². The van der Waals surface area contributed by atoms with Gasteiger partial charge in [-0.05, 0) is 29.8 Å². The number of nitrogens with one attached hydrogen (secondary N) is 1. The van der Waals surface area contributed by atoms with Gasteiger partial charge in [-0.25, -0.2) is 17.8 Å². The number of benzene rings is 1. The predicted molar refractivity (Wildman–Crippen MR) is 74.5 cm³/mol. The van der Waals surface area contributed by atoms with Crippen molar-refractivity contribution in [3.05, 3.63) is 59.5 Å². The number of alkyl halides is 3. The number of aromatic nitrogens is 1. The molecule has 1 aromatic carbocycles. The van der Waals surface area contributed by atoms with Crippen molar-refractivity contribution < 1.29 is 26.0 Å². The molecular formula is C14H9F4N3O2S. The van der Waals surface area contributed by atoms with Crippen LogP contribution in [0.2, 0.25) is 0 Å². The van der Waals surface area contributed by atoms with Crippen LogP contribution in [0.5, 0.6) is 0 Å². The Bertz CT molecular complexity index is 874. The van der Waals surface area contributed by atoms with E-state index in [0.29, 0.717) is 0 Å². The molecule has 1 unspecified atom stereocenters. The van der Waals surface area contributed by atoms with Crippen LogP contribution < -0.4 is 4.72 Å². The highest BCUT2D eigenvalue weighted by Crippen LogP contribution is 2.33. The smallest absolute Gasteiger partial charge is 0.224 e. The van der Waals surface area contributed by atoms with Crippen molar-refractivity contribution in [3.8, 4) is 6.07 Å². The predicted octanol–water partition coefficient (Wildman–Crippen LogP) is 2.67.